The van der Waals surface area contributed by atoms with Crippen molar-refractivity contribution < 1.29 is 14.7 Å². The normalized spacial score (nSPS) is 27.0. The quantitative estimate of drug-likeness (QED) is 0.477. The molecule has 2 heterocycles. The molecular formula is C16H28N2O3S. The highest BCUT2D eigenvalue weighted by atomic mass is 32.2. The Bertz CT molecular complexity index is 392. The first-order valence-electron chi connectivity index (χ1n) is 8.54. The molecule has 0 aromatic rings. The Labute approximate surface area is 137 Å². The Hall–Kier alpha value is -0.910. The summed E-state index contributed by atoms with van der Waals surface area (Å²) >= 11 is 1.94. The minimum absolute atomic E-state index is 0.0994. The summed E-state index contributed by atoms with van der Waals surface area (Å²) in [7, 11) is 0. The van der Waals surface area contributed by atoms with Crippen molar-refractivity contribution >= 4 is 23.8 Å². The Morgan fingerprint density at radius 3 is 2.86 bits per heavy atom. The van der Waals surface area contributed by atoms with E-state index < -0.39 is 5.97 Å². The van der Waals surface area contributed by atoms with Gasteiger partial charge in [0, 0.05) is 24.0 Å². The summed E-state index contributed by atoms with van der Waals surface area (Å²) in [5.74, 6) is 0.296. The van der Waals surface area contributed by atoms with Gasteiger partial charge in [0.1, 0.15) is 0 Å². The number of nitrogens with zero attached hydrogens (tertiary/aromatic N) is 1. The highest BCUT2D eigenvalue weighted by Gasteiger charge is 2.47. The zero-order valence-corrected chi connectivity index (χ0v) is 14.2. The van der Waals surface area contributed by atoms with Crippen molar-refractivity contribution in [3.05, 3.63) is 0 Å². The maximum Gasteiger partial charge on any atom is 0.318 e. The third-order valence-corrected chi connectivity index (χ3v) is 6.12. The van der Waals surface area contributed by atoms with Gasteiger partial charge in [0.05, 0.1) is 12.1 Å². The summed E-state index contributed by atoms with van der Waals surface area (Å²) in [4.78, 5) is 24.7. The molecule has 2 aliphatic rings. The highest BCUT2D eigenvalue weighted by molar-refractivity contribution is 8.00. The van der Waals surface area contributed by atoms with E-state index in [9.17, 15) is 9.59 Å². The summed E-state index contributed by atoms with van der Waals surface area (Å²) in [6.45, 7) is 3.07. The average molecular weight is 328 g/mol. The van der Waals surface area contributed by atoms with Gasteiger partial charge in [-0.25, -0.2) is 4.79 Å². The minimum Gasteiger partial charge on any atom is -0.481 e. The van der Waals surface area contributed by atoms with Crippen LogP contribution in [0.3, 0.4) is 0 Å². The lowest BCUT2D eigenvalue weighted by Crippen LogP contribution is -2.38. The summed E-state index contributed by atoms with van der Waals surface area (Å²) in [6.07, 6.45) is 7.67. The van der Waals surface area contributed by atoms with Crippen LogP contribution in [0, 0.1) is 0 Å². The number of carbonyl (C=O) groups excluding carboxylic acids is 1. The monoisotopic (exact) mass is 328 g/mol. The van der Waals surface area contributed by atoms with E-state index in [0.29, 0.717) is 11.3 Å². The van der Waals surface area contributed by atoms with Crippen LogP contribution in [0.1, 0.15) is 58.3 Å². The van der Waals surface area contributed by atoms with Gasteiger partial charge in [0.2, 0.25) is 0 Å². The molecule has 5 nitrogen and oxygen atoms in total. The van der Waals surface area contributed by atoms with Gasteiger partial charge in [-0.05, 0) is 19.3 Å². The number of nitrogens with one attached hydrogen (secondary N) is 1. The number of amides is 2. The molecule has 0 bridgehead atoms. The van der Waals surface area contributed by atoms with Crippen molar-refractivity contribution in [1.29, 1.82) is 0 Å². The molecule has 0 aromatic carbocycles. The zero-order chi connectivity index (χ0) is 15.9. The number of urea groups is 1. The third kappa shape index (κ3) is 4.54. The molecule has 3 atom stereocenters. The van der Waals surface area contributed by atoms with E-state index >= 15 is 0 Å². The second-order valence-corrected chi connectivity index (χ2v) is 7.58. The van der Waals surface area contributed by atoms with E-state index in [1.165, 1.54) is 19.3 Å². The molecule has 0 spiro atoms. The molecular weight excluding hydrogens is 300 g/mol. The largest absolute Gasteiger partial charge is 0.481 e. The third-order valence-electron chi connectivity index (χ3n) is 4.63. The maximum atomic E-state index is 12.1. The standard InChI is InChI=1S/C16H28N2O3S/c1-2-3-4-7-10-18-12-11-22-13(15(12)17-16(18)21)8-5-6-9-14(19)20/h12-13,15H,2-11H2,1H3,(H,17,21)(H,19,20)/t12-,13-,15-/m0/s1. The molecule has 0 unspecified atom stereocenters. The van der Waals surface area contributed by atoms with Crippen LogP contribution < -0.4 is 5.32 Å². The van der Waals surface area contributed by atoms with Crippen LogP contribution in [0.4, 0.5) is 4.79 Å². The van der Waals surface area contributed by atoms with Gasteiger partial charge in [0.25, 0.3) is 0 Å². The molecule has 0 saturated carbocycles. The SMILES string of the molecule is CCCCCCN1C(=O)N[C@@H]2[C@H](CCCCC(=O)O)SC[C@@H]21. The molecule has 2 rings (SSSR count). The van der Waals surface area contributed by atoms with Crippen LogP contribution in [0.15, 0.2) is 0 Å². The van der Waals surface area contributed by atoms with Gasteiger partial charge in [-0.3, -0.25) is 4.79 Å². The molecule has 6 heteroatoms. The Morgan fingerprint density at radius 2 is 2.14 bits per heavy atom. The van der Waals surface area contributed by atoms with E-state index in [1.54, 1.807) is 0 Å². The molecule has 2 fully saturated rings. The van der Waals surface area contributed by atoms with Gasteiger partial charge in [-0.15, -0.1) is 0 Å². The Morgan fingerprint density at radius 1 is 1.32 bits per heavy atom. The molecule has 2 aliphatic heterocycles. The van der Waals surface area contributed by atoms with Crippen LogP contribution in [-0.4, -0.2) is 51.6 Å². The first kappa shape index (κ1) is 17.4. The van der Waals surface area contributed by atoms with Gasteiger partial charge in [-0.2, -0.15) is 11.8 Å². The van der Waals surface area contributed by atoms with Crippen LogP contribution in [0.2, 0.25) is 0 Å². The lowest BCUT2D eigenvalue weighted by molar-refractivity contribution is -0.137. The van der Waals surface area contributed by atoms with Gasteiger partial charge in [0.15, 0.2) is 0 Å². The molecule has 2 saturated heterocycles. The van der Waals surface area contributed by atoms with Crippen LogP contribution in [0.25, 0.3) is 0 Å². The summed E-state index contributed by atoms with van der Waals surface area (Å²) < 4.78 is 0. The van der Waals surface area contributed by atoms with Crippen LogP contribution >= 0.6 is 11.8 Å². The first-order chi connectivity index (χ1) is 10.6. The van der Waals surface area contributed by atoms with Crippen LogP contribution in [0.5, 0.6) is 0 Å². The van der Waals surface area contributed by atoms with Crippen molar-refractivity contribution in [1.82, 2.24) is 10.2 Å². The second kappa shape index (κ2) is 8.65. The second-order valence-electron chi connectivity index (χ2n) is 6.31. The summed E-state index contributed by atoms with van der Waals surface area (Å²) in [6, 6.07) is 0.694. The number of hydrogen-bond acceptors (Lipinski definition) is 3. The van der Waals surface area contributed by atoms with Crippen molar-refractivity contribution in [2.75, 3.05) is 12.3 Å². The Balaban J connectivity index is 1.74. The first-order valence-corrected chi connectivity index (χ1v) is 9.59. The van der Waals surface area contributed by atoms with Crippen molar-refractivity contribution in [3.63, 3.8) is 0 Å². The predicted molar refractivity (Wildman–Crippen MR) is 89.3 cm³/mol. The van der Waals surface area contributed by atoms with Gasteiger partial charge >= 0.3 is 12.0 Å². The zero-order valence-electron chi connectivity index (χ0n) is 13.4. The number of carboxylic acids is 1. The van der Waals surface area contributed by atoms with Crippen LogP contribution in [-0.2, 0) is 4.79 Å². The number of hydrogen-bond donors (Lipinski definition) is 2. The minimum atomic E-state index is -0.718. The maximum absolute atomic E-state index is 12.1. The molecule has 0 radical (unpaired) electrons. The fourth-order valence-electron chi connectivity index (χ4n) is 3.39. The Kier molecular flexibility index (Phi) is 6.86. The molecule has 22 heavy (non-hydrogen) atoms. The van der Waals surface area contributed by atoms with Gasteiger partial charge in [-0.1, -0.05) is 32.6 Å². The molecule has 2 amide bonds. The number of aliphatic carboxylic acids is 1. The fourth-order valence-corrected chi connectivity index (χ4v) is 5.01. The number of rotatable bonds is 10. The summed E-state index contributed by atoms with van der Waals surface area (Å²) in [5, 5.41) is 12.3. The van der Waals surface area contributed by atoms with E-state index in [4.69, 9.17) is 5.11 Å². The highest BCUT2D eigenvalue weighted by Crippen LogP contribution is 2.37. The molecule has 2 N–H and O–H groups in total. The number of fused-ring (bicyclic) bond motifs is 1. The molecule has 0 aliphatic carbocycles. The fraction of sp³-hybridized carbons (Fsp3) is 0.875. The number of thioether (sulfide) groups is 1. The van der Waals surface area contributed by atoms with Crippen molar-refractivity contribution in [3.8, 4) is 0 Å². The number of unbranched alkanes of at least 4 members (excludes halogenated alkanes) is 4. The number of carboxylic acid groups (broad SMARTS) is 1. The van der Waals surface area contributed by atoms with Gasteiger partial charge < -0.3 is 15.3 Å². The van der Waals surface area contributed by atoms with Crippen molar-refractivity contribution in [2.24, 2.45) is 0 Å². The van der Waals surface area contributed by atoms with E-state index in [-0.39, 0.29) is 18.5 Å². The molecule has 126 valence electrons. The van der Waals surface area contributed by atoms with E-state index in [1.807, 2.05) is 16.7 Å². The molecule has 0 aromatic heterocycles. The predicted octanol–water partition coefficient (Wildman–Crippen LogP) is 3.09. The topological polar surface area (TPSA) is 69.6 Å². The summed E-state index contributed by atoms with van der Waals surface area (Å²) in [5.41, 5.74) is 0. The number of carbonyl (C=O) groups is 2. The lowest BCUT2D eigenvalue weighted by Gasteiger charge is -2.21. The smallest absolute Gasteiger partial charge is 0.318 e. The van der Waals surface area contributed by atoms with E-state index in [0.717, 1.165) is 38.0 Å². The van der Waals surface area contributed by atoms with Crippen molar-refractivity contribution in [2.45, 2.75) is 75.6 Å². The van der Waals surface area contributed by atoms with E-state index in [2.05, 4.69) is 12.2 Å². The average Bonchev–Trinajstić information content (AvgIpc) is 2.99. The lowest BCUT2D eigenvalue weighted by atomic mass is 10.0.